The summed E-state index contributed by atoms with van der Waals surface area (Å²) in [5.41, 5.74) is 0.554. The summed E-state index contributed by atoms with van der Waals surface area (Å²) in [5.74, 6) is -0.513. The molecular weight excluding hydrogens is 582 g/mol. The van der Waals surface area contributed by atoms with Crippen LogP contribution in [-0.2, 0) is 33.3 Å². The van der Waals surface area contributed by atoms with E-state index < -0.39 is 27.5 Å². The minimum Gasteiger partial charge on any atom is -0.736 e. The van der Waals surface area contributed by atoms with Crippen LogP contribution in [-0.4, -0.2) is 16.8 Å². The molecule has 12 heteroatoms. The molecule has 0 unspecified atom stereocenters. The van der Waals surface area contributed by atoms with Gasteiger partial charge in [-0.15, -0.1) is 0 Å². The number of fused-ring (bicyclic) bond motifs is 4. The van der Waals surface area contributed by atoms with Gasteiger partial charge in [-0.2, -0.15) is 0 Å². The molecule has 8 nitrogen and oxygen atoms in total. The first-order valence-electron chi connectivity index (χ1n) is 11.6. The van der Waals surface area contributed by atoms with Gasteiger partial charge in [-0.25, -0.2) is 21.4 Å². The van der Waals surface area contributed by atoms with E-state index in [-0.39, 0.29) is 82.9 Å². The minimum absolute atomic E-state index is 0. The average Bonchev–Trinajstić information content (AvgIpc) is 3.07. The van der Waals surface area contributed by atoms with Gasteiger partial charge >= 0.3 is 37.4 Å². The van der Waals surface area contributed by atoms with Crippen LogP contribution in [0.1, 0.15) is 22.3 Å². The largest absolute Gasteiger partial charge is 1.00 e. The van der Waals surface area contributed by atoms with E-state index in [2.05, 4.69) is 0 Å². The number of hydrogen-bond acceptors (Lipinski definition) is 8. The molecule has 6 rings (SSSR count). The zero-order valence-corrected chi connectivity index (χ0v) is 25.4. The third-order valence-electron chi connectivity index (χ3n) is 6.29. The molecule has 0 bridgehead atoms. The number of rotatable bonds is 4. The van der Waals surface area contributed by atoms with Gasteiger partial charge < -0.3 is 13.9 Å². The van der Waals surface area contributed by atoms with Gasteiger partial charge in [0.1, 0.15) is 11.5 Å². The molecule has 2 heterocycles. The molecule has 2 aliphatic rings. The van der Waals surface area contributed by atoms with Crippen LogP contribution in [0.2, 0.25) is 0 Å². The Hall–Kier alpha value is -2.95. The molecule has 0 saturated carbocycles. The van der Waals surface area contributed by atoms with Crippen molar-refractivity contribution in [1.82, 2.24) is 0 Å². The molecule has 4 aromatic carbocycles. The van der Waals surface area contributed by atoms with E-state index >= 15 is 0 Å². The van der Waals surface area contributed by atoms with Crippen molar-refractivity contribution in [3.05, 3.63) is 119 Å². The Labute approximate surface area is 253 Å². The number of phosphoric acid groups is 1. The van der Waals surface area contributed by atoms with Crippen molar-refractivity contribution in [3.8, 4) is 0 Å². The molecule has 0 amide bonds. The predicted molar refractivity (Wildman–Crippen MR) is 142 cm³/mol. The molecule has 2 aliphatic heterocycles. The summed E-state index contributed by atoms with van der Waals surface area (Å²) in [5, 5.41) is 0. The zero-order chi connectivity index (χ0) is 27.4. The number of sulfone groups is 2. The Balaban J connectivity index is 0.00000323. The van der Waals surface area contributed by atoms with Crippen LogP contribution >= 0.6 is 7.82 Å². The van der Waals surface area contributed by atoms with Gasteiger partial charge in [-0.05, 0) is 59.7 Å². The standard InChI is InChI=1S/C28H19O8PS2.Na/c29-37(30,35-23-17-19-9-1-5-13-25(19)38(31,32)27-15-7-3-11-21(23)27)36-24-18-20-10-2-6-14-26(20)39(33,34)28-16-8-4-12-22(24)28;/h1-18H,(H,29,30);/q;+1/p-1. The molecule has 0 saturated heterocycles. The molecule has 0 fully saturated rings. The van der Waals surface area contributed by atoms with Crippen molar-refractivity contribution in [2.24, 2.45) is 0 Å². The van der Waals surface area contributed by atoms with Gasteiger partial charge in [-0.1, -0.05) is 60.7 Å². The van der Waals surface area contributed by atoms with Crippen molar-refractivity contribution < 1.29 is 64.9 Å². The van der Waals surface area contributed by atoms with Crippen LogP contribution in [0.3, 0.4) is 0 Å². The average molecular weight is 601 g/mol. The molecule has 196 valence electrons. The third-order valence-corrected chi connectivity index (χ3v) is 10.9. The summed E-state index contributed by atoms with van der Waals surface area (Å²) < 4.78 is 77.7. The van der Waals surface area contributed by atoms with Gasteiger partial charge in [0.25, 0.3) is 0 Å². The summed E-state index contributed by atoms with van der Waals surface area (Å²) in [4.78, 5) is 13.1. The summed E-state index contributed by atoms with van der Waals surface area (Å²) >= 11 is 0. The first kappa shape index (κ1) is 28.6. The van der Waals surface area contributed by atoms with E-state index in [1.807, 2.05) is 0 Å². The third kappa shape index (κ3) is 4.90. The summed E-state index contributed by atoms with van der Waals surface area (Å²) in [6, 6.07) is 24.1. The minimum atomic E-state index is -5.26. The van der Waals surface area contributed by atoms with Gasteiger partial charge in [0, 0.05) is 11.1 Å². The van der Waals surface area contributed by atoms with Gasteiger partial charge in [0.15, 0.2) is 0 Å². The van der Waals surface area contributed by atoms with Crippen molar-refractivity contribution in [2.45, 2.75) is 19.6 Å². The zero-order valence-electron chi connectivity index (χ0n) is 20.9. The predicted octanol–water partition coefficient (Wildman–Crippen LogP) is 2.18. The normalized spacial score (nSPS) is 16.1. The van der Waals surface area contributed by atoms with Crippen molar-refractivity contribution >= 4 is 51.2 Å². The van der Waals surface area contributed by atoms with Crippen LogP contribution in [0.5, 0.6) is 0 Å². The van der Waals surface area contributed by atoms with Gasteiger partial charge in [0.2, 0.25) is 19.7 Å². The molecule has 0 N–H and O–H groups in total. The van der Waals surface area contributed by atoms with E-state index in [0.717, 1.165) is 0 Å². The Bertz CT molecular complexity index is 1860. The second kappa shape index (κ2) is 10.5. The maximum atomic E-state index is 13.4. The van der Waals surface area contributed by atoms with Gasteiger partial charge in [-0.3, -0.25) is 0 Å². The smallest absolute Gasteiger partial charge is 0.736 e. The molecule has 0 aliphatic carbocycles. The molecular formula is C28H18NaO8PS2. The van der Waals surface area contributed by atoms with E-state index in [0.29, 0.717) is 0 Å². The summed E-state index contributed by atoms with van der Waals surface area (Å²) in [6.45, 7) is 0. The van der Waals surface area contributed by atoms with E-state index in [9.17, 15) is 26.3 Å². The van der Waals surface area contributed by atoms with Crippen molar-refractivity contribution in [3.63, 3.8) is 0 Å². The Kier molecular flexibility index (Phi) is 7.48. The van der Waals surface area contributed by atoms with Crippen LogP contribution in [0.15, 0.2) is 117 Å². The van der Waals surface area contributed by atoms with Crippen LogP contribution < -0.4 is 34.5 Å². The SMILES string of the molecule is O=P([O-])(OC1=Cc2ccccc2S(=O)(=O)c2ccccc21)OC1=Cc2ccccc2S(=O)(=O)c2ccccc21.[Na+]. The molecule has 4 aromatic rings. The maximum absolute atomic E-state index is 13.4. The maximum Gasteiger partial charge on any atom is 1.00 e. The molecule has 40 heavy (non-hydrogen) atoms. The fourth-order valence-corrected chi connectivity index (χ4v) is 8.70. The monoisotopic (exact) mass is 600 g/mol. The number of phosphoric ester groups is 1. The Morgan fingerprint density at radius 3 is 1.25 bits per heavy atom. The second-order valence-corrected chi connectivity index (χ2v) is 13.8. The van der Waals surface area contributed by atoms with Gasteiger partial charge in [0.05, 0.1) is 19.6 Å². The first-order valence-corrected chi connectivity index (χ1v) is 16.0. The molecule has 0 radical (unpaired) electrons. The quantitative estimate of drug-likeness (QED) is 0.258. The van der Waals surface area contributed by atoms with Crippen molar-refractivity contribution in [1.29, 1.82) is 0 Å². The first-order chi connectivity index (χ1) is 18.6. The fourth-order valence-electron chi connectivity index (χ4n) is 4.58. The van der Waals surface area contributed by atoms with Crippen LogP contribution in [0.25, 0.3) is 23.7 Å². The second-order valence-electron chi connectivity index (χ2n) is 8.72. The van der Waals surface area contributed by atoms with E-state index in [4.69, 9.17) is 9.05 Å². The van der Waals surface area contributed by atoms with Crippen molar-refractivity contribution in [2.75, 3.05) is 0 Å². The van der Waals surface area contributed by atoms with E-state index in [1.54, 1.807) is 36.4 Å². The molecule has 0 aromatic heterocycles. The topological polar surface area (TPSA) is 127 Å². The molecule has 0 atom stereocenters. The van der Waals surface area contributed by atoms with E-state index in [1.165, 1.54) is 72.8 Å². The Morgan fingerprint density at radius 1 is 0.525 bits per heavy atom. The van der Waals surface area contributed by atoms with Crippen LogP contribution in [0, 0.1) is 0 Å². The molecule has 0 spiro atoms. The fraction of sp³-hybridized carbons (Fsp3) is 0. The summed E-state index contributed by atoms with van der Waals surface area (Å²) in [6.07, 6.45) is 2.64. The Morgan fingerprint density at radius 2 is 0.850 bits per heavy atom. The summed E-state index contributed by atoms with van der Waals surface area (Å²) in [7, 11) is -13.2. The number of hydrogen-bond donors (Lipinski definition) is 0. The number of benzene rings is 4. The van der Waals surface area contributed by atoms with Crippen LogP contribution in [0.4, 0.5) is 0 Å².